The van der Waals surface area contributed by atoms with Crippen LogP contribution >= 0.6 is 11.6 Å². The van der Waals surface area contributed by atoms with Crippen LogP contribution in [0.5, 0.6) is 5.75 Å². The topological polar surface area (TPSA) is 48.4 Å². The van der Waals surface area contributed by atoms with Gasteiger partial charge in [-0.05, 0) is 42.5 Å². The molecule has 0 saturated heterocycles. The summed E-state index contributed by atoms with van der Waals surface area (Å²) in [6, 6.07) is 12.8. The Labute approximate surface area is 115 Å². The lowest BCUT2D eigenvalue weighted by molar-refractivity contribution is 0.306. The molecule has 0 bridgehead atoms. The number of ether oxygens (including phenoxy) is 1. The first-order valence-electron chi connectivity index (χ1n) is 5.86. The smallest absolute Gasteiger partial charge is 0.134 e. The molecule has 0 atom stereocenters. The van der Waals surface area contributed by atoms with E-state index in [1.165, 1.54) is 0 Å². The fraction of sp³-hybridized carbons (Fsp3) is 0.0667. The first kappa shape index (κ1) is 11.9. The van der Waals surface area contributed by atoms with Crippen LogP contribution in [0, 0.1) is 0 Å². The largest absolute Gasteiger partial charge is 0.489 e. The van der Waals surface area contributed by atoms with Gasteiger partial charge in [-0.25, -0.2) is 0 Å². The summed E-state index contributed by atoms with van der Waals surface area (Å²) < 4.78 is 11.1. The van der Waals surface area contributed by atoms with Gasteiger partial charge in [0.05, 0.1) is 6.26 Å². The lowest BCUT2D eigenvalue weighted by Crippen LogP contribution is -1.94. The number of nitrogens with two attached hydrogens (primary N) is 1. The molecule has 3 rings (SSSR count). The Morgan fingerprint density at radius 2 is 1.89 bits per heavy atom. The quantitative estimate of drug-likeness (QED) is 0.726. The number of benzene rings is 2. The van der Waals surface area contributed by atoms with Gasteiger partial charge in [-0.3, -0.25) is 0 Å². The van der Waals surface area contributed by atoms with Crippen molar-refractivity contribution in [2.24, 2.45) is 0 Å². The number of hydrogen-bond donors (Lipinski definition) is 1. The highest BCUT2D eigenvalue weighted by Crippen LogP contribution is 2.25. The monoisotopic (exact) mass is 273 g/mol. The Balaban J connectivity index is 1.81. The first-order chi connectivity index (χ1) is 9.22. The highest BCUT2D eigenvalue weighted by atomic mass is 35.5. The minimum absolute atomic E-state index is 0.429. The minimum atomic E-state index is 0.429. The van der Waals surface area contributed by atoms with Crippen molar-refractivity contribution in [1.29, 1.82) is 0 Å². The van der Waals surface area contributed by atoms with Crippen molar-refractivity contribution in [3.8, 4) is 5.75 Å². The number of hydrogen-bond acceptors (Lipinski definition) is 3. The number of fused-ring (bicyclic) bond motifs is 1. The lowest BCUT2D eigenvalue weighted by Gasteiger charge is -2.04. The second-order valence-electron chi connectivity index (χ2n) is 4.26. The number of nitrogen functional groups attached to an aromatic ring is 1. The molecule has 1 aromatic heterocycles. The van der Waals surface area contributed by atoms with Gasteiger partial charge < -0.3 is 14.9 Å². The van der Waals surface area contributed by atoms with Crippen molar-refractivity contribution in [2.75, 3.05) is 5.73 Å². The molecule has 0 aliphatic rings. The van der Waals surface area contributed by atoms with Crippen LogP contribution in [0.1, 0.15) is 5.56 Å². The summed E-state index contributed by atoms with van der Waals surface area (Å²) in [6.07, 6.45) is 1.69. The number of anilines is 1. The van der Waals surface area contributed by atoms with Gasteiger partial charge in [0.25, 0.3) is 0 Å². The van der Waals surface area contributed by atoms with Crippen molar-refractivity contribution < 1.29 is 9.15 Å². The summed E-state index contributed by atoms with van der Waals surface area (Å²) in [6.45, 7) is 0.429. The van der Waals surface area contributed by atoms with Crippen molar-refractivity contribution in [3.05, 3.63) is 59.3 Å². The Hall–Kier alpha value is -2.13. The average Bonchev–Trinajstić information content (AvgIpc) is 2.80. The third-order valence-electron chi connectivity index (χ3n) is 2.89. The zero-order valence-corrected chi connectivity index (χ0v) is 10.9. The van der Waals surface area contributed by atoms with Crippen LogP contribution in [-0.2, 0) is 6.61 Å². The fourth-order valence-corrected chi connectivity index (χ4v) is 2.03. The standard InChI is InChI=1S/C15H12ClNO2/c16-11-1-4-13(5-2-11)18-8-10-9-19-15-6-3-12(17)7-14(10)15/h1-7,9H,8,17H2. The minimum Gasteiger partial charge on any atom is -0.489 e. The second kappa shape index (κ2) is 4.86. The molecular weight excluding hydrogens is 262 g/mol. The molecule has 96 valence electrons. The zero-order valence-electron chi connectivity index (χ0n) is 10.1. The molecule has 4 heteroatoms. The Kier molecular flexibility index (Phi) is 3.05. The van der Waals surface area contributed by atoms with Crippen molar-refractivity contribution >= 4 is 28.3 Å². The molecule has 3 nitrogen and oxygen atoms in total. The molecule has 0 radical (unpaired) electrons. The average molecular weight is 274 g/mol. The molecule has 2 N–H and O–H groups in total. The van der Waals surface area contributed by atoms with E-state index in [0.717, 1.165) is 22.3 Å². The van der Waals surface area contributed by atoms with E-state index in [1.807, 2.05) is 30.3 Å². The van der Waals surface area contributed by atoms with E-state index in [1.54, 1.807) is 18.4 Å². The highest BCUT2D eigenvalue weighted by molar-refractivity contribution is 6.30. The van der Waals surface area contributed by atoms with Crippen molar-refractivity contribution in [3.63, 3.8) is 0 Å². The molecule has 3 aromatic rings. The maximum atomic E-state index is 5.82. The van der Waals surface area contributed by atoms with E-state index in [2.05, 4.69) is 0 Å². The number of furan rings is 1. The number of halogens is 1. The van der Waals surface area contributed by atoms with E-state index in [0.29, 0.717) is 17.3 Å². The van der Waals surface area contributed by atoms with Gasteiger partial charge in [-0.15, -0.1) is 0 Å². The summed E-state index contributed by atoms with van der Waals surface area (Å²) in [5.41, 5.74) is 8.27. The van der Waals surface area contributed by atoms with Crippen molar-refractivity contribution in [2.45, 2.75) is 6.61 Å². The van der Waals surface area contributed by atoms with E-state index in [-0.39, 0.29) is 0 Å². The van der Waals surface area contributed by atoms with Gasteiger partial charge in [0, 0.05) is 21.7 Å². The molecular formula is C15H12ClNO2. The van der Waals surface area contributed by atoms with Crippen LogP contribution < -0.4 is 10.5 Å². The van der Waals surface area contributed by atoms with Gasteiger partial charge in [-0.2, -0.15) is 0 Å². The van der Waals surface area contributed by atoms with Crippen LogP contribution in [-0.4, -0.2) is 0 Å². The molecule has 0 aliphatic carbocycles. The fourth-order valence-electron chi connectivity index (χ4n) is 1.90. The molecule has 0 fully saturated rings. The van der Waals surface area contributed by atoms with Crippen LogP contribution in [0.4, 0.5) is 5.69 Å². The van der Waals surface area contributed by atoms with Crippen LogP contribution in [0.2, 0.25) is 5.02 Å². The summed E-state index contributed by atoms with van der Waals surface area (Å²) in [4.78, 5) is 0. The lowest BCUT2D eigenvalue weighted by atomic mass is 10.1. The van der Waals surface area contributed by atoms with E-state index >= 15 is 0 Å². The molecule has 0 spiro atoms. The molecule has 0 unspecified atom stereocenters. The maximum absolute atomic E-state index is 5.82. The third-order valence-corrected chi connectivity index (χ3v) is 3.14. The summed E-state index contributed by atoms with van der Waals surface area (Å²) >= 11 is 5.82. The predicted octanol–water partition coefficient (Wildman–Crippen LogP) is 4.25. The summed E-state index contributed by atoms with van der Waals surface area (Å²) in [7, 11) is 0. The zero-order chi connectivity index (χ0) is 13.2. The van der Waals surface area contributed by atoms with Gasteiger partial charge >= 0.3 is 0 Å². The third kappa shape index (κ3) is 2.51. The van der Waals surface area contributed by atoms with Gasteiger partial charge in [-0.1, -0.05) is 11.6 Å². The Morgan fingerprint density at radius 3 is 2.68 bits per heavy atom. The van der Waals surface area contributed by atoms with Crippen molar-refractivity contribution in [1.82, 2.24) is 0 Å². The molecule has 0 aliphatic heterocycles. The normalized spacial score (nSPS) is 10.8. The van der Waals surface area contributed by atoms with Gasteiger partial charge in [0.1, 0.15) is 17.9 Å². The number of rotatable bonds is 3. The van der Waals surface area contributed by atoms with E-state index < -0.39 is 0 Å². The molecule has 2 aromatic carbocycles. The SMILES string of the molecule is Nc1ccc2occ(COc3ccc(Cl)cc3)c2c1. The molecule has 1 heterocycles. The van der Waals surface area contributed by atoms with Crippen LogP contribution in [0.3, 0.4) is 0 Å². The molecule has 0 saturated carbocycles. The summed E-state index contributed by atoms with van der Waals surface area (Å²) in [5, 5.41) is 1.67. The summed E-state index contributed by atoms with van der Waals surface area (Å²) in [5.74, 6) is 0.766. The van der Waals surface area contributed by atoms with Gasteiger partial charge in [0.2, 0.25) is 0 Å². The van der Waals surface area contributed by atoms with Gasteiger partial charge in [0.15, 0.2) is 0 Å². The van der Waals surface area contributed by atoms with Crippen LogP contribution in [0.15, 0.2) is 53.1 Å². The van der Waals surface area contributed by atoms with Crippen LogP contribution in [0.25, 0.3) is 11.0 Å². The van der Waals surface area contributed by atoms with E-state index in [4.69, 9.17) is 26.5 Å². The molecule has 19 heavy (non-hydrogen) atoms. The molecule has 0 amide bonds. The Morgan fingerprint density at radius 1 is 1.11 bits per heavy atom. The van der Waals surface area contributed by atoms with E-state index in [9.17, 15) is 0 Å². The highest BCUT2D eigenvalue weighted by Gasteiger charge is 2.07. The predicted molar refractivity (Wildman–Crippen MR) is 76.4 cm³/mol. The first-order valence-corrected chi connectivity index (χ1v) is 6.24. The second-order valence-corrected chi connectivity index (χ2v) is 4.70. The maximum Gasteiger partial charge on any atom is 0.134 e. The Bertz CT molecular complexity index is 704.